The molecule has 2 rings (SSSR count). The second kappa shape index (κ2) is 4.33. The van der Waals surface area contributed by atoms with Crippen molar-refractivity contribution in [3.05, 3.63) is 33.6 Å². The molecule has 0 unspecified atom stereocenters. The fourth-order valence-corrected chi connectivity index (χ4v) is 2.91. The predicted octanol–water partition coefficient (Wildman–Crippen LogP) is 3.84. The summed E-state index contributed by atoms with van der Waals surface area (Å²) in [5.41, 5.74) is 0. The number of benzene rings is 1. The molecule has 0 saturated heterocycles. The van der Waals surface area contributed by atoms with Crippen molar-refractivity contribution in [2.75, 3.05) is 6.61 Å². The fourth-order valence-electron chi connectivity index (χ4n) is 1.33. The molecule has 1 heterocycles. The molecule has 0 aliphatic heterocycles. The molecule has 0 bridgehead atoms. The Balaban J connectivity index is 2.47. The number of fused-ring (bicyclic) bond motifs is 1. The van der Waals surface area contributed by atoms with Crippen LogP contribution in [0.4, 0.5) is 0 Å². The van der Waals surface area contributed by atoms with Crippen LogP contribution in [-0.4, -0.2) is 12.6 Å². The van der Waals surface area contributed by atoms with E-state index in [-0.39, 0.29) is 5.97 Å². The standard InChI is InChI=1S/C11H9BrO2S/c1-2-14-11(13)9-6-7-4-3-5-8(12)10(7)15-9/h3-6H,2H2,1H3. The highest BCUT2D eigenvalue weighted by Gasteiger charge is 2.11. The van der Waals surface area contributed by atoms with E-state index < -0.39 is 0 Å². The molecule has 1 aromatic heterocycles. The van der Waals surface area contributed by atoms with Gasteiger partial charge in [0.2, 0.25) is 0 Å². The summed E-state index contributed by atoms with van der Waals surface area (Å²) in [5.74, 6) is -0.245. The lowest BCUT2D eigenvalue weighted by Gasteiger charge is -1.95. The molecule has 0 aliphatic carbocycles. The third-order valence-corrected chi connectivity index (χ3v) is 4.06. The molecule has 0 atom stereocenters. The minimum atomic E-state index is -0.245. The number of thiophene rings is 1. The van der Waals surface area contributed by atoms with Crippen LogP contribution >= 0.6 is 27.3 Å². The van der Waals surface area contributed by atoms with Crippen molar-refractivity contribution in [3.63, 3.8) is 0 Å². The van der Waals surface area contributed by atoms with E-state index in [4.69, 9.17) is 4.74 Å². The van der Waals surface area contributed by atoms with Gasteiger partial charge >= 0.3 is 5.97 Å². The summed E-state index contributed by atoms with van der Waals surface area (Å²) in [6, 6.07) is 7.77. The van der Waals surface area contributed by atoms with Crippen LogP contribution in [0.3, 0.4) is 0 Å². The van der Waals surface area contributed by atoms with Crippen LogP contribution in [0.2, 0.25) is 0 Å². The molecular weight excluding hydrogens is 276 g/mol. The molecule has 0 fully saturated rings. The van der Waals surface area contributed by atoms with Gasteiger partial charge in [0.05, 0.1) is 6.61 Å². The Morgan fingerprint density at radius 3 is 3.00 bits per heavy atom. The molecule has 1 aromatic carbocycles. The van der Waals surface area contributed by atoms with Gasteiger partial charge in [0.25, 0.3) is 0 Å². The van der Waals surface area contributed by atoms with Crippen molar-refractivity contribution in [2.24, 2.45) is 0 Å². The second-order valence-corrected chi connectivity index (χ2v) is 4.90. The summed E-state index contributed by atoms with van der Waals surface area (Å²) in [6.45, 7) is 2.22. The molecular formula is C11H9BrO2S. The fraction of sp³-hybridized carbons (Fsp3) is 0.182. The maximum atomic E-state index is 11.5. The molecule has 2 nitrogen and oxygen atoms in total. The van der Waals surface area contributed by atoms with E-state index in [2.05, 4.69) is 15.9 Å². The predicted molar refractivity (Wildman–Crippen MR) is 65.5 cm³/mol. The van der Waals surface area contributed by atoms with Gasteiger partial charge in [-0.1, -0.05) is 12.1 Å². The van der Waals surface area contributed by atoms with Crippen LogP contribution in [0.25, 0.3) is 10.1 Å². The van der Waals surface area contributed by atoms with Crippen molar-refractivity contribution in [2.45, 2.75) is 6.92 Å². The summed E-state index contributed by atoms with van der Waals surface area (Å²) >= 11 is 4.91. The van der Waals surface area contributed by atoms with Crippen molar-refractivity contribution >= 4 is 43.3 Å². The third-order valence-electron chi connectivity index (χ3n) is 1.97. The van der Waals surface area contributed by atoms with Gasteiger partial charge in [-0.15, -0.1) is 11.3 Å². The Morgan fingerprint density at radius 2 is 2.33 bits per heavy atom. The van der Waals surface area contributed by atoms with Crippen LogP contribution in [0.1, 0.15) is 16.6 Å². The number of ether oxygens (including phenoxy) is 1. The smallest absolute Gasteiger partial charge is 0.348 e. The number of hydrogen-bond donors (Lipinski definition) is 0. The van der Waals surface area contributed by atoms with Crippen LogP contribution in [-0.2, 0) is 4.74 Å². The zero-order chi connectivity index (χ0) is 10.8. The van der Waals surface area contributed by atoms with Gasteiger partial charge in [-0.3, -0.25) is 0 Å². The highest BCUT2D eigenvalue weighted by atomic mass is 79.9. The highest BCUT2D eigenvalue weighted by molar-refractivity contribution is 9.10. The second-order valence-electron chi connectivity index (χ2n) is 2.99. The zero-order valence-electron chi connectivity index (χ0n) is 8.12. The van der Waals surface area contributed by atoms with E-state index in [0.717, 1.165) is 14.6 Å². The summed E-state index contributed by atoms with van der Waals surface area (Å²) < 4.78 is 7.05. The summed E-state index contributed by atoms with van der Waals surface area (Å²) in [6.07, 6.45) is 0. The summed E-state index contributed by atoms with van der Waals surface area (Å²) in [4.78, 5) is 12.2. The van der Waals surface area contributed by atoms with E-state index in [1.807, 2.05) is 24.3 Å². The van der Waals surface area contributed by atoms with Gasteiger partial charge in [0.1, 0.15) is 4.88 Å². The van der Waals surface area contributed by atoms with Crippen molar-refractivity contribution in [1.29, 1.82) is 0 Å². The lowest BCUT2D eigenvalue weighted by atomic mass is 10.2. The van der Waals surface area contributed by atoms with Gasteiger partial charge in [-0.05, 0) is 40.4 Å². The van der Waals surface area contributed by atoms with Crippen LogP contribution < -0.4 is 0 Å². The first kappa shape index (κ1) is 10.6. The topological polar surface area (TPSA) is 26.3 Å². The summed E-state index contributed by atoms with van der Waals surface area (Å²) in [5, 5.41) is 1.07. The average molecular weight is 285 g/mol. The number of halogens is 1. The lowest BCUT2D eigenvalue weighted by Crippen LogP contribution is -2.01. The Labute approximate surface area is 100.0 Å². The number of rotatable bonds is 2. The minimum Gasteiger partial charge on any atom is -0.462 e. The van der Waals surface area contributed by atoms with Gasteiger partial charge in [0.15, 0.2) is 0 Å². The van der Waals surface area contributed by atoms with Crippen molar-refractivity contribution in [3.8, 4) is 0 Å². The Kier molecular flexibility index (Phi) is 3.07. The van der Waals surface area contributed by atoms with Gasteiger partial charge in [0, 0.05) is 9.17 Å². The van der Waals surface area contributed by atoms with Gasteiger partial charge < -0.3 is 4.74 Å². The summed E-state index contributed by atoms with van der Waals surface area (Å²) in [7, 11) is 0. The number of carbonyl (C=O) groups is 1. The Hall–Kier alpha value is -0.870. The lowest BCUT2D eigenvalue weighted by molar-refractivity contribution is 0.0532. The van der Waals surface area contributed by atoms with Crippen LogP contribution in [0.15, 0.2) is 28.7 Å². The quantitative estimate of drug-likeness (QED) is 0.784. The molecule has 0 amide bonds. The van der Waals surface area contributed by atoms with E-state index in [0.29, 0.717) is 11.5 Å². The van der Waals surface area contributed by atoms with Crippen molar-refractivity contribution < 1.29 is 9.53 Å². The largest absolute Gasteiger partial charge is 0.462 e. The molecule has 0 aliphatic rings. The number of esters is 1. The van der Waals surface area contributed by atoms with E-state index in [9.17, 15) is 4.79 Å². The minimum absolute atomic E-state index is 0.245. The van der Waals surface area contributed by atoms with E-state index >= 15 is 0 Å². The first-order valence-electron chi connectivity index (χ1n) is 4.57. The van der Waals surface area contributed by atoms with Gasteiger partial charge in [-0.2, -0.15) is 0 Å². The molecule has 4 heteroatoms. The Morgan fingerprint density at radius 1 is 1.53 bits per heavy atom. The SMILES string of the molecule is CCOC(=O)c1cc2cccc(Br)c2s1. The zero-order valence-corrected chi connectivity index (χ0v) is 10.5. The highest BCUT2D eigenvalue weighted by Crippen LogP contribution is 2.32. The molecule has 0 saturated carbocycles. The first-order valence-corrected chi connectivity index (χ1v) is 6.18. The van der Waals surface area contributed by atoms with Crippen LogP contribution in [0.5, 0.6) is 0 Å². The van der Waals surface area contributed by atoms with E-state index in [1.54, 1.807) is 6.92 Å². The monoisotopic (exact) mass is 284 g/mol. The number of carbonyl (C=O) groups excluding carboxylic acids is 1. The molecule has 2 aromatic rings. The maximum absolute atomic E-state index is 11.5. The normalized spacial score (nSPS) is 10.5. The van der Waals surface area contributed by atoms with Crippen molar-refractivity contribution in [1.82, 2.24) is 0 Å². The Bertz CT molecular complexity index is 504. The average Bonchev–Trinajstić information content (AvgIpc) is 2.63. The molecule has 78 valence electrons. The number of hydrogen-bond acceptors (Lipinski definition) is 3. The molecule has 15 heavy (non-hydrogen) atoms. The first-order chi connectivity index (χ1) is 7.22. The maximum Gasteiger partial charge on any atom is 0.348 e. The molecule has 0 radical (unpaired) electrons. The third kappa shape index (κ3) is 2.06. The molecule has 0 spiro atoms. The molecule has 0 N–H and O–H groups in total. The van der Waals surface area contributed by atoms with Gasteiger partial charge in [-0.25, -0.2) is 4.79 Å². The van der Waals surface area contributed by atoms with Crippen LogP contribution in [0, 0.1) is 0 Å². The van der Waals surface area contributed by atoms with E-state index in [1.165, 1.54) is 11.3 Å².